The molecule has 0 N–H and O–H groups in total. The summed E-state index contributed by atoms with van der Waals surface area (Å²) in [5, 5.41) is 0.606. The SMILES string of the molecule is O=C(COC(=O)c1ccc(N2C(=O)CC(SC3CCCCC3)C2=O)cc1)c1ccc(Cl)cc1. The standard InChI is InChI=1S/C25H24ClNO5S/c26-18-10-6-16(7-11-18)21(28)15-32-25(31)17-8-12-19(13-9-17)27-23(29)14-22(24(27)30)33-20-4-2-1-3-5-20/h6-13,20,22H,1-5,14-15H2. The molecule has 172 valence electrons. The molecule has 1 saturated carbocycles. The third kappa shape index (κ3) is 5.65. The number of benzene rings is 2. The molecule has 1 aliphatic heterocycles. The Labute approximate surface area is 201 Å². The molecule has 0 bridgehead atoms. The number of halogens is 1. The second-order valence-electron chi connectivity index (χ2n) is 8.21. The van der Waals surface area contributed by atoms with Crippen LogP contribution in [-0.2, 0) is 14.3 Å². The molecule has 0 radical (unpaired) electrons. The van der Waals surface area contributed by atoms with Gasteiger partial charge in [-0.3, -0.25) is 14.4 Å². The first-order valence-electron chi connectivity index (χ1n) is 11.0. The summed E-state index contributed by atoms with van der Waals surface area (Å²) in [6.45, 7) is -0.397. The lowest BCUT2D eigenvalue weighted by Gasteiger charge is -2.23. The second-order valence-corrected chi connectivity index (χ2v) is 10.2. The molecule has 4 rings (SSSR count). The fraction of sp³-hybridized carbons (Fsp3) is 0.360. The van der Waals surface area contributed by atoms with Crippen molar-refractivity contribution in [1.29, 1.82) is 0 Å². The highest BCUT2D eigenvalue weighted by Crippen LogP contribution is 2.37. The van der Waals surface area contributed by atoms with Gasteiger partial charge in [0.15, 0.2) is 12.4 Å². The Morgan fingerprint density at radius 1 is 0.939 bits per heavy atom. The minimum atomic E-state index is -0.659. The molecule has 0 spiro atoms. The van der Waals surface area contributed by atoms with Crippen molar-refractivity contribution >= 4 is 52.6 Å². The van der Waals surface area contributed by atoms with Gasteiger partial charge in [0.05, 0.1) is 16.5 Å². The maximum Gasteiger partial charge on any atom is 0.338 e. The average molecular weight is 486 g/mol. The minimum absolute atomic E-state index is 0.195. The highest BCUT2D eigenvalue weighted by atomic mass is 35.5. The third-order valence-electron chi connectivity index (χ3n) is 5.88. The molecular formula is C25H24ClNO5S. The fourth-order valence-electron chi connectivity index (χ4n) is 4.10. The van der Waals surface area contributed by atoms with E-state index in [-0.39, 0.29) is 34.8 Å². The van der Waals surface area contributed by atoms with Crippen molar-refractivity contribution in [1.82, 2.24) is 0 Å². The summed E-state index contributed by atoms with van der Waals surface area (Å²) in [7, 11) is 0. The Morgan fingerprint density at radius 2 is 1.58 bits per heavy atom. The molecule has 6 nitrogen and oxygen atoms in total. The van der Waals surface area contributed by atoms with Crippen molar-refractivity contribution in [3.63, 3.8) is 0 Å². The summed E-state index contributed by atoms with van der Waals surface area (Å²) in [6, 6.07) is 12.4. The van der Waals surface area contributed by atoms with E-state index in [2.05, 4.69) is 0 Å². The van der Waals surface area contributed by atoms with E-state index >= 15 is 0 Å². The van der Waals surface area contributed by atoms with Crippen LogP contribution in [0.1, 0.15) is 59.2 Å². The molecule has 2 aromatic rings. The highest BCUT2D eigenvalue weighted by molar-refractivity contribution is 8.01. The van der Waals surface area contributed by atoms with Crippen molar-refractivity contribution in [2.24, 2.45) is 0 Å². The highest BCUT2D eigenvalue weighted by Gasteiger charge is 2.41. The molecule has 2 aromatic carbocycles. The van der Waals surface area contributed by atoms with Crippen LogP contribution in [0, 0.1) is 0 Å². The Morgan fingerprint density at radius 3 is 2.24 bits per heavy atom. The monoisotopic (exact) mass is 485 g/mol. The van der Waals surface area contributed by atoms with Gasteiger partial charge in [0, 0.05) is 22.3 Å². The van der Waals surface area contributed by atoms with E-state index in [1.54, 1.807) is 48.2 Å². The number of ether oxygens (including phenoxy) is 1. The van der Waals surface area contributed by atoms with Crippen LogP contribution in [0.25, 0.3) is 0 Å². The normalized spacial score (nSPS) is 19.1. The Kier molecular flexibility index (Phi) is 7.50. The quantitative estimate of drug-likeness (QED) is 0.309. The fourth-order valence-corrected chi connectivity index (χ4v) is 5.75. The average Bonchev–Trinajstić information content (AvgIpc) is 3.11. The van der Waals surface area contributed by atoms with E-state index in [0.29, 0.717) is 21.5 Å². The van der Waals surface area contributed by atoms with Crippen molar-refractivity contribution in [2.45, 2.75) is 49.0 Å². The molecule has 33 heavy (non-hydrogen) atoms. The van der Waals surface area contributed by atoms with Gasteiger partial charge in [-0.25, -0.2) is 9.69 Å². The molecule has 1 heterocycles. The lowest BCUT2D eigenvalue weighted by atomic mass is 10.0. The Bertz CT molecular complexity index is 1050. The molecule has 1 saturated heterocycles. The lowest BCUT2D eigenvalue weighted by Crippen LogP contribution is -2.31. The predicted octanol–water partition coefficient (Wildman–Crippen LogP) is 5.08. The maximum absolute atomic E-state index is 12.9. The van der Waals surface area contributed by atoms with Gasteiger partial charge in [0.1, 0.15) is 0 Å². The van der Waals surface area contributed by atoms with E-state index in [1.807, 2.05) is 0 Å². The number of imide groups is 1. The van der Waals surface area contributed by atoms with Gasteiger partial charge in [-0.05, 0) is 61.4 Å². The first-order valence-corrected chi connectivity index (χ1v) is 12.3. The zero-order valence-electron chi connectivity index (χ0n) is 18.0. The van der Waals surface area contributed by atoms with E-state index < -0.39 is 12.6 Å². The first kappa shape index (κ1) is 23.5. The van der Waals surface area contributed by atoms with Gasteiger partial charge < -0.3 is 4.74 Å². The van der Waals surface area contributed by atoms with Crippen LogP contribution in [0.4, 0.5) is 5.69 Å². The summed E-state index contributed by atoms with van der Waals surface area (Å²) >= 11 is 7.44. The van der Waals surface area contributed by atoms with Crippen LogP contribution in [0.3, 0.4) is 0 Å². The summed E-state index contributed by atoms with van der Waals surface area (Å²) in [4.78, 5) is 51.1. The van der Waals surface area contributed by atoms with Crippen LogP contribution in [0.2, 0.25) is 5.02 Å². The third-order valence-corrected chi connectivity index (χ3v) is 7.68. The van der Waals surface area contributed by atoms with Gasteiger partial charge in [0.25, 0.3) is 0 Å². The number of esters is 1. The number of anilines is 1. The summed E-state index contributed by atoms with van der Waals surface area (Å²) in [5.74, 6) is -1.42. The number of carbonyl (C=O) groups is 4. The van der Waals surface area contributed by atoms with E-state index in [4.69, 9.17) is 16.3 Å². The number of ketones is 1. The number of amides is 2. The van der Waals surface area contributed by atoms with Gasteiger partial charge in [-0.2, -0.15) is 0 Å². The first-order chi connectivity index (χ1) is 15.9. The molecule has 8 heteroatoms. The van der Waals surface area contributed by atoms with Gasteiger partial charge in [0.2, 0.25) is 11.8 Å². The molecule has 1 atom stereocenters. The largest absolute Gasteiger partial charge is 0.454 e. The predicted molar refractivity (Wildman–Crippen MR) is 128 cm³/mol. The van der Waals surface area contributed by atoms with Gasteiger partial charge in [-0.15, -0.1) is 11.8 Å². The number of hydrogen-bond acceptors (Lipinski definition) is 6. The van der Waals surface area contributed by atoms with E-state index in [0.717, 1.165) is 12.8 Å². The molecule has 1 aliphatic carbocycles. The zero-order valence-corrected chi connectivity index (χ0v) is 19.6. The number of nitrogens with zero attached hydrogens (tertiary/aromatic N) is 1. The second kappa shape index (κ2) is 10.5. The number of thioether (sulfide) groups is 1. The molecule has 2 fully saturated rings. The van der Waals surface area contributed by atoms with Gasteiger partial charge >= 0.3 is 5.97 Å². The van der Waals surface area contributed by atoms with Crippen molar-refractivity contribution in [2.75, 3.05) is 11.5 Å². The van der Waals surface area contributed by atoms with E-state index in [9.17, 15) is 19.2 Å². The van der Waals surface area contributed by atoms with Crippen LogP contribution in [-0.4, -0.2) is 40.7 Å². The number of carbonyl (C=O) groups excluding carboxylic acids is 4. The van der Waals surface area contributed by atoms with Crippen LogP contribution in [0.15, 0.2) is 48.5 Å². The Hall–Kier alpha value is -2.64. The van der Waals surface area contributed by atoms with Gasteiger partial charge in [-0.1, -0.05) is 30.9 Å². The van der Waals surface area contributed by atoms with Crippen molar-refractivity contribution in [3.8, 4) is 0 Å². The summed E-state index contributed by atoms with van der Waals surface area (Å²) < 4.78 is 5.11. The molecular weight excluding hydrogens is 462 g/mol. The molecule has 0 aromatic heterocycles. The van der Waals surface area contributed by atoms with Crippen LogP contribution >= 0.6 is 23.4 Å². The number of rotatable bonds is 7. The van der Waals surface area contributed by atoms with Crippen LogP contribution < -0.4 is 4.90 Å². The van der Waals surface area contributed by atoms with Crippen molar-refractivity contribution in [3.05, 3.63) is 64.7 Å². The molecule has 1 unspecified atom stereocenters. The zero-order chi connectivity index (χ0) is 23.4. The Balaban J connectivity index is 1.34. The number of hydrogen-bond donors (Lipinski definition) is 0. The van der Waals surface area contributed by atoms with Crippen LogP contribution in [0.5, 0.6) is 0 Å². The summed E-state index contributed by atoms with van der Waals surface area (Å²) in [6.07, 6.45) is 6.00. The topological polar surface area (TPSA) is 80.8 Å². The maximum atomic E-state index is 12.9. The molecule has 2 amide bonds. The smallest absolute Gasteiger partial charge is 0.338 e. The van der Waals surface area contributed by atoms with Crippen molar-refractivity contribution < 1.29 is 23.9 Å². The number of Topliss-reactive ketones (excluding diaryl/α,β-unsaturated/α-hetero) is 1. The lowest BCUT2D eigenvalue weighted by molar-refractivity contribution is -0.121. The molecule has 2 aliphatic rings. The van der Waals surface area contributed by atoms with E-state index in [1.165, 1.54) is 36.3 Å². The summed E-state index contributed by atoms with van der Waals surface area (Å²) in [5.41, 5.74) is 1.06. The minimum Gasteiger partial charge on any atom is -0.454 e.